The van der Waals surface area contributed by atoms with E-state index >= 15 is 0 Å². The molecule has 0 aliphatic carbocycles. The predicted molar refractivity (Wildman–Crippen MR) is 120 cm³/mol. The number of para-hydroxylation sites is 1. The minimum Gasteiger partial charge on any atom is -0.456 e. The van der Waals surface area contributed by atoms with E-state index in [2.05, 4.69) is 111 Å². The Balaban J connectivity index is 1.72. The first-order valence-corrected chi connectivity index (χ1v) is 9.71. The van der Waals surface area contributed by atoms with Crippen molar-refractivity contribution in [3.05, 3.63) is 84.9 Å². The molecule has 4 aromatic carbocycles. The highest BCUT2D eigenvalue weighted by molar-refractivity contribution is 6.10. The van der Waals surface area contributed by atoms with Crippen molar-refractivity contribution in [1.82, 2.24) is 0 Å². The lowest BCUT2D eigenvalue weighted by Crippen LogP contribution is -2.37. The highest BCUT2D eigenvalue weighted by Gasteiger charge is 2.24. The van der Waals surface area contributed by atoms with Crippen LogP contribution in [0.15, 0.2) is 89.3 Å². The Labute approximate surface area is 165 Å². The number of rotatable bonds is 2. The van der Waals surface area contributed by atoms with Crippen LogP contribution in [-0.2, 0) is 0 Å². The summed E-state index contributed by atoms with van der Waals surface area (Å²) >= 11 is 0. The Hall–Kier alpha value is -3.26. The minimum atomic E-state index is -0.0598. The molecule has 2 nitrogen and oxygen atoms in total. The number of hydrogen-bond donors (Lipinski definition) is 0. The first kappa shape index (κ1) is 16.9. The van der Waals surface area contributed by atoms with Crippen molar-refractivity contribution in [3.8, 4) is 0 Å². The van der Waals surface area contributed by atoms with Gasteiger partial charge in [-0.15, -0.1) is 0 Å². The number of nitrogens with zero attached hydrogens (tertiary/aromatic N) is 1. The van der Waals surface area contributed by atoms with Gasteiger partial charge in [0.15, 0.2) is 0 Å². The Morgan fingerprint density at radius 1 is 0.607 bits per heavy atom. The number of benzene rings is 4. The van der Waals surface area contributed by atoms with Gasteiger partial charge < -0.3 is 9.32 Å². The molecule has 0 aliphatic heterocycles. The van der Waals surface area contributed by atoms with Crippen LogP contribution in [0.3, 0.4) is 0 Å². The second-order valence-electron chi connectivity index (χ2n) is 8.32. The second-order valence-corrected chi connectivity index (χ2v) is 8.32. The van der Waals surface area contributed by atoms with Crippen LogP contribution in [0.5, 0.6) is 0 Å². The largest absolute Gasteiger partial charge is 0.456 e. The molecule has 0 saturated heterocycles. The lowest BCUT2D eigenvalue weighted by molar-refractivity contribution is 0.560. The van der Waals surface area contributed by atoms with Crippen LogP contribution in [0.1, 0.15) is 20.8 Å². The van der Waals surface area contributed by atoms with E-state index in [-0.39, 0.29) is 5.54 Å². The molecule has 28 heavy (non-hydrogen) atoms. The molecule has 0 saturated carbocycles. The highest BCUT2D eigenvalue weighted by atomic mass is 16.3. The van der Waals surface area contributed by atoms with E-state index in [0.29, 0.717) is 0 Å². The zero-order valence-corrected chi connectivity index (χ0v) is 16.4. The van der Waals surface area contributed by atoms with Gasteiger partial charge in [-0.2, -0.15) is 0 Å². The van der Waals surface area contributed by atoms with Gasteiger partial charge in [0.05, 0.1) is 0 Å². The van der Waals surface area contributed by atoms with Crippen LogP contribution in [-0.4, -0.2) is 5.54 Å². The van der Waals surface area contributed by atoms with Crippen molar-refractivity contribution in [3.63, 3.8) is 0 Å². The third-order valence-electron chi connectivity index (χ3n) is 5.27. The van der Waals surface area contributed by atoms with Gasteiger partial charge in [-0.1, -0.05) is 42.5 Å². The van der Waals surface area contributed by atoms with Gasteiger partial charge in [0, 0.05) is 33.8 Å². The Kier molecular flexibility index (Phi) is 3.70. The van der Waals surface area contributed by atoms with E-state index in [0.717, 1.165) is 22.2 Å². The zero-order chi connectivity index (χ0) is 19.3. The predicted octanol–water partition coefficient (Wildman–Crippen LogP) is 7.68. The molecule has 5 aromatic rings. The molecule has 0 amide bonds. The minimum absolute atomic E-state index is 0.0598. The van der Waals surface area contributed by atoms with Gasteiger partial charge in [-0.3, -0.25) is 0 Å². The monoisotopic (exact) mass is 365 g/mol. The van der Waals surface area contributed by atoms with Gasteiger partial charge in [0.2, 0.25) is 0 Å². The molecule has 0 N–H and O–H groups in total. The Morgan fingerprint density at radius 2 is 1.25 bits per heavy atom. The average molecular weight is 365 g/mol. The fourth-order valence-corrected chi connectivity index (χ4v) is 4.09. The van der Waals surface area contributed by atoms with E-state index in [1.165, 1.54) is 21.8 Å². The molecule has 0 atom stereocenters. The molecule has 1 heterocycles. The van der Waals surface area contributed by atoms with Crippen LogP contribution < -0.4 is 4.90 Å². The molecule has 0 bridgehead atoms. The first-order valence-electron chi connectivity index (χ1n) is 9.71. The van der Waals surface area contributed by atoms with E-state index in [4.69, 9.17) is 4.42 Å². The topological polar surface area (TPSA) is 16.4 Å². The summed E-state index contributed by atoms with van der Waals surface area (Å²) < 4.78 is 6.27. The average Bonchev–Trinajstić information content (AvgIpc) is 3.02. The van der Waals surface area contributed by atoms with E-state index < -0.39 is 0 Å². The summed E-state index contributed by atoms with van der Waals surface area (Å²) in [7, 11) is 0. The molecule has 2 heteroatoms. The van der Waals surface area contributed by atoms with Gasteiger partial charge in [0.25, 0.3) is 0 Å². The zero-order valence-electron chi connectivity index (χ0n) is 16.4. The molecule has 0 aliphatic rings. The van der Waals surface area contributed by atoms with Crippen molar-refractivity contribution in [2.45, 2.75) is 26.3 Å². The Bertz CT molecular complexity index is 1290. The van der Waals surface area contributed by atoms with Crippen LogP contribution in [0, 0.1) is 0 Å². The van der Waals surface area contributed by atoms with Gasteiger partial charge in [0.1, 0.15) is 11.2 Å². The van der Waals surface area contributed by atoms with Crippen molar-refractivity contribution in [2.24, 2.45) is 0 Å². The van der Waals surface area contributed by atoms with Crippen LogP contribution >= 0.6 is 0 Å². The fraction of sp³-hybridized carbons (Fsp3) is 0.154. The lowest BCUT2D eigenvalue weighted by atomic mass is 10.0. The van der Waals surface area contributed by atoms with Crippen LogP contribution in [0.4, 0.5) is 11.4 Å². The Morgan fingerprint density at radius 3 is 1.96 bits per heavy atom. The van der Waals surface area contributed by atoms with Gasteiger partial charge in [-0.05, 0) is 67.9 Å². The summed E-state index contributed by atoms with van der Waals surface area (Å²) in [5, 5.41) is 4.77. The van der Waals surface area contributed by atoms with Crippen molar-refractivity contribution in [2.75, 3.05) is 4.90 Å². The molecule has 5 rings (SSSR count). The van der Waals surface area contributed by atoms with E-state index in [1.807, 2.05) is 0 Å². The smallest absolute Gasteiger partial charge is 0.137 e. The molecule has 0 radical (unpaired) electrons. The van der Waals surface area contributed by atoms with E-state index in [1.54, 1.807) is 0 Å². The summed E-state index contributed by atoms with van der Waals surface area (Å²) in [4.78, 5) is 2.36. The maximum atomic E-state index is 6.27. The molecule has 0 fully saturated rings. The van der Waals surface area contributed by atoms with Gasteiger partial charge in [-0.25, -0.2) is 0 Å². The highest BCUT2D eigenvalue weighted by Crippen LogP contribution is 2.38. The van der Waals surface area contributed by atoms with Gasteiger partial charge >= 0.3 is 0 Å². The number of fused-ring (bicyclic) bond motifs is 4. The quantitative estimate of drug-likeness (QED) is 0.319. The normalized spacial score (nSPS) is 12.1. The summed E-state index contributed by atoms with van der Waals surface area (Å²) in [6.07, 6.45) is 0. The molecule has 1 aromatic heterocycles. The van der Waals surface area contributed by atoms with Crippen molar-refractivity contribution >= 4 is 44.1 Å². The first-order chi connectivity index (χ1) is 13.5. The summed E-state index contributed by atoms with van der Waals surface area (Å²) in [6, 6.07) is 29.9. The second kappa shape index (κ2) is 6.13. The van der Waals surface area contributed by atoms with E-state index in [9.17, 15) is 0 Å². The number of anilines is 2. The third kappa shape index (κ3) is 2.73. The molecular formula is C26H23NO. The van der Waals surface area contributed by atoms with Crippen LogP contribution in [0.25, 0.3) is 32.7 Å². The number of hydrogen-bond acceptors (Lipinski definition) is 2. The molecule has 138 valence electrons. The SMILES string of the molecule is CC(C)(C)N(c1ccccc1)c1ccc2c(c1)oc1cc3ccccc3cc12. The molecule has 0 unspecified atom stereocenters. The summed E-state index contributed by atoms with van der Waals surface area (Å²) in [5.41, 5.74) is 4.11. The summed E-state index contributed by atoms with van der Waals surface area (Å²) in [5.74, 6) is 0. The third-order valence-corrected chi connectivity index (χ3v) is 5.27. The maximum absolute atomic E-state index is 6.27. The maximum Gasteiger partial charge on any atom is 0.137 e. The van der Waals surface area contributed by atoms with Crippen molar-refractivity contribution < 1.29 is 4.42 Å². The summed E-state index contributed by atoms with van der Waals surface area (Å²) in [6.45, 7) is 6.70. The standard InChI is InChI=1S/C26H23NO/c1-26(2,3)27(20-11-5-4-6-12-20)21-13-14-22-23-15-18-9-7-8-10-19(18)16-24(23)28-25(22)17-21/h4-17H,1-3H3. The molecular weight excluding hydrogens is 342 g/mol. The van der Waals surface area contributed by atoms with Crippen LogP contribution in [0.2, 0.25) is 0 Å². The van der Waals surface area contributed by atoms with Crippen molar-refractivity contribution in [1.29, 1.82) is 0 Å². The molecule has 0 spiro atoms. The lowest BCUT2D eigenvalue weighted by Gasteiger charge is -2.37. The number of furan rings is 1. The fourth-order valence-electron chi connectivity index (χ4n) is 4.09.